The van der Waals surface area contributed by atoms with Crippen LogP contribution >= 0.6 is 0 Å². The van der Waals surface area contributed by atoms with Crippen molar-refractivity contribution in [2.45, 2.75) is 6.54 Å². The molecule has 0 unspecified atom stereocenters. The summed E-state index contributed by atoms with van der Waals surface area (Å²) in [7, 11) is 1.57. The molecule has 1 aliphatic rings. The predicted molar refractivity (Wildman–Crippen MR) is 84.3 cm³/mol. The highest BCUT2D eigenvalue weighted by Crippen LogP contribution is 2.25. The molecule has 116 valence electrons. The predicted octanol–water partition coefficient (Wildman–Crippen LogP) is 0.120. The van der Waals surface area contributed by atoms with Crippen molar-refractivity contribution in [3.8, 4) is 11.5 Å². The van der Waals surface area contributed by atoms with Gasteiger partial charge in [0.05, 0.1) is 13.3 Å². The van der Waals surface area contributed by atoms with E-state index in [0.717, 1.165) is 38.3 Å². The van der Waals surface area contributed by atoms with Crippen molar-refractivity contribution >= 4 is 5.82 Å². The molecule has 5 nitrogen and oxygen atoms in total. The van der Waals surface area contributed by atoms with Gasteiger partial charge in [-0.25, -0.2) is 4.98 Å². The maximum atomic E-state index is 9.86. The average molecular weight is 301 g/mol. The number of methoxy groups -OCH3 is 1. The number of benzene rings is 1. The van der Waals surface area contributed by atoms with E-state index in [1.54, 1.807) is 7.11 Å². The molecule has 2 aromatic rings. The summed E-state index contributed by atoms with van der Waals surface area (Å²) in [6.07, 6.45) is 1.97. The van der Waals surface area contributed by atoms with Crippen LogP contribution in [-0.2, 0) is 6.54 Å². The van der Waals surface area contributed by atoms with Gasteiger partial charge in [0.25, 0.3) is 5.82 Å². The Bertz CT molecular complexity index is 611. The van der Waals surface area contributed by atoms with Gasteiger partial charge in [-0.2, -0.15) is 0 Å². The van der Waals surface area contributed by atoms with E-state index in [1.807, 2.05) is 30.5 Å². The third-order valence-corrected chi connectivity index (χ3v) is 4.20. The van der Waals surface area contributed by atoms with E-state index in [0.29, 0.717) is 5.75 Å². The van der Waals surface area contributed by atoms with Crippen LogP contribution in [0.2, 0.25) is 0 Å². The van der Waals surface area contributed by atoms with Crippen LogP contribution in [0.5, 0.6) is 11.5 Å². The molecule has 0 amide bonds. The van der Waals surface area contributed by atoms with Crippen molar-refractivity contribution in [3.63, 3.8) is 0 Å². The molecule has 1 aromatic heterocycles. The third-order valence-electron chi connectivity index (χ3n) is 4.20. The minimum Gasteiger partial charge on any atom is -0.504 e. The first kappa shape index (κ1) is 14.7. The van der Waals surface area contributed by atoms with E-state index in [1.165, 1.54) is 10.7 Å². The number of H-pyrrole nitrogens is 1. The number of hydrogen-bond acceptors (Lipinski definition) is 3. The molecule has 0 spiro atoms. The molecule has 22 heavy (non-hydrogen) atoms. The molecule has 0 bridgehead atoms. The number of aromatic nitrogens is 1. The number of aromatic amines is 1. The first-order valence-corrected chi connectivity index (χ1v) is 7.67. The van der Waals surface area contributed by atoms with Crippen LogP contribution < -0.4 is 19.5 Å². The summed E-state index contributed by atoms with van der Waals surface area (Å²) in [6.45, 7) is 5.20. The summed E-state index contributed by atoms with van der Waals surface area (Å²) in [5.74, 6) is 1.93. The zero-order valence-electron chi connectivity index (χ0n) is 12.9. The number of hydrogen-bond donors (Lipinski definition) is 2. The molecular formula is C17H23N3O2+2. The van der Waals surface area contributed by atoms with E-state index in [4.69, 9.17) is 4.74 Å². The van der Waals surface area contributed by atoms with Crippen LogP contribution in [-0.4, -0.2) is 38.4 Å². The average Bonchev–Trinajstić information content (AvgIpc) is 2.57. The van der Waals surface area contributed by atoms with Crippen LogP contribution in [0.3, 0.4) is 0 Å². The highest BCUT2D eigenvalue weighted by Gasteiger charge is 2.25. The fraction of sp³-hybridized carbons (Fsp3) is 0.353. The molecule has 0 atom stereocenters. The molecule has 0 aliphatic carbocycles. The quantitative estimate of drug-likeness (QED) is 0.843. The van der Waals surface area contributed by atoms with Gasteiger partial charge in [0.2, 0.25) is 0 Å². The number of phenols is 1. The summed E-state index contributed by atoms with van der Waals surface area (Å²) >= 11 is 0. The largest absolute Gasteiger partial charge is 0.504 e. The Balaban J connectivity index is 1.57. The van der Waals surface area contributed by atoms with Crippen molar-refractivity contribution in [2.24, 2.45) is 0 Å². The Kier molecular flexibility index (Phi) is 4.44. The molecule has 3 rings (SSSR count). The lowest BCUT2D eigenvalue weighted by Gasteiger charge is -2.28. The van der Waals surface area contributed by atoms with E-state index >= 15 is 0 Å². The van der Waals surface area contributed by atoms with Gasteiger partial charge in [-0.15, -0.1) is 0 Å². The van der Waals surface area contributed by atoms with Crippen molar-refractivity contribution in [1.82, 2.24) is 0 Å². The molecule has 1 aromatic carbocycles. The third kappa shape index (κ3) is 3.31. The van der Waals surface area contributed by atoms with E-state index in [2.05, 4.69) is 22.0 Å². The Morgan fingerprint density at radius 1 is 1.23 bits per heavy atom. The number of rotatable bonds is 4. The number of nitrogens with one attached hydrogen (secondary N) is 2. The summed E-state index contributed by atoms with van der Waals surface area (Å²) in [5, 5.41) is 9.86. The first-order valence-electron chi connectivity index (χ1n) is 7.67. The van der Waals surface area contributed by atoms with Crippen molar-refractivity contribution in [3.05, 3.63) is 48.2 Å². The number of piperazine rings is 1. The summed E-state index contributed by atoms with van der Waals surface area (Å²) in [5.41, 5.74) is 1.15. The van der Waals surface area contributed by atoms with Gasteiger partial charge in [-0.1, -0.05) is 6.07 Å². The molecule has 3 N–H and O–H groups in total. The van der Waals surface area contributed by atoms with E-state index in [9.17, 15) is 5.11 Å². The summed E-state index contributed by atoms with van der Waals surface area (Å²) < 4.78 is 5.09. The maximum Gasteiger partial charge on any atom is 0.274 e. The number of aromatic hydroxyl groups is 1. The maximum absolute atomic E-state index is 9.86. The number of phenolic OH excluding ortho intramolecular Hbond substituents is 1. The van der Waals surface area contributed by atoms with Gasteiger partial charge >= 0.3 is 0 Å². The van der Waals surface area contributed by atoms with Gasteiger partial charge in [-0.05, 0) is 24.3 Å². The molecule has 1 fully saturated rings. The van der Waals surface area contributed by atoms with Crippen molar-refractivity contribution < 1.29 is 19.7 Å². The Morgan fingerprint density at radius 2 is 2.05 bits per heavy atom. The van der Waals surface area contributed by atoms with Gasteiger partial charge in [-0.3, -0.25) is 4.90 Å². The van der Waals surface area contributed by atoms with Crippen LogP contribution in [0.4, 0.5) is 5.82 Å². The number of quaternary nitrogens is 1. The smallest absolute Gasteiger partial charge is 0.274 e. The zero-order valence-corrected chi connectivity index (χ0v) is 12.9. The molecule has 1 aliphatic heterocycles. The molecule has 5 heteroatoms. The minimum absolute atomic E-state index is 0.219. The Labute approximate surface area is 130 Å². The summed E-state index contributed by atoms with van der Waals surface area (Å²) in [6, 6.07) is 11.9. The molecular weight excluding hydrogens is 278 g/mol. The van der Waals surface area contributed by atoms with E-state index in [-0.39, 0.29) is 5.75 Å². The van der Waals surface area contributed by atoms with Crippen LogP contribution in [0.15, 0.2) is 42.6 Å². The fourth-order valence-electron chi connectivity index (χ4n) is 2.96. The van der Waals surface area contributed by atoms with E-state index < -0.39 is 0 Å². The minimum atomic E-state index is 0.219. The molecule has 2 heterocycles. The van der Waals surface area contributed by atoms with Gasteiger partial charge < -0.3 is 14.7 Å². The Hall–Kier alpha value is -2.27. The highest BCUT2D eigenvalue weighted by molar-refractivity contribution is 5.41. The second-order valence-electron chi connectivity index (χ2n) is 5.67. The standard InChI is InChI=1S/C17H21N3O2/c1-22-16-6-5-14(12-15(16)21)13-19-8-10-20(11-9-19)17-4-2-3-7-18-17/h2-7,12,21H,8-11,13H2,1H3/p+2. The normalized spacial score (nSPS) is 15.8. The SMILES string of the molecule is COc1ccc(C[NH+]2CCN(c3cccc[nH+]3)CC2)cc1O. The first-order chi connectivity index (χ1) is 10.8. The van der Waals surface area contributed by atoms with Gasteiger partial charge in [0.15, 0.2) is 11.5 Å². The molecule has 0 radical (unpaired) electrons. The lowest BCUT2D eigenvalue weighted by molar-refractivity contribution is -0.914. The lowest BCUT2D eigenvalue weighted by atomic mass is 10.1. The monoisotopic (exact) mass is 301 g/mol. The summed E-state index contributed by atoms with van der Waals surface area (Å²) in [4.78, 5) is 7.22. The van der Waals surface area contributed by atoms with Crippen molar-refractivity contribution in [1.29, 1.82) is 0 Å². The van der Waals surface area contributed by atoms with Crippen LogP contribution in [0.1, 0.15) is 5.56 Å². The van der Waals surface area contributed by atoms with Crippen LogP contribution in [0, 0.1) is 0 Å². The molecule has 1 saturated heterocycles. The topological polar surface area (TPSA) is 51.3 Å². The highest BCUT2D eigenvalue weighted by atomic mass is 16.5. The van der Waals surface area contributed by atoms with Crippen LogP contribution in [0.25, 0.3) is 0 Å². The second kappa shape index (κ2) is 6.66. The van der Waals surface area contributed by atoms with Gasteiger partial charge in [0.1, 0.15) is 32.7 Å². The fourth-order valence-corrected chi connectivity index (χ4v) is 2.96. The Morgan fingerprint density at radius 3 is 2.68 bits per heavy atom. The molecule has 0 saturated carbocycles. The lowest BCUT2D eigenvalue weighted by Crippen LogP contribution is -3.13. The number of anilines is 1. The van der Waals surface area contributed by atoms with Crippen molar-refractivity contribution in [2.75, 3.05) is 38.2 Å². The number of pyridine rings is 1. The van der Waals surface area contributed by atoms with Gasteiger partial charge in [0, 0.05) is 11.6 Å². The zero-order chi connectivity index (χ0) is 15.4. The number of nitrogens with zero attached hydrogens (tertiary/aromatic N) is 1. The number of ether oxygens (including phenoxy) is 1. The second-order valence-corrected chi connectivity index (χ2v) is 5.67.